The highest BCUT2D eigenvalue weighted by Gasteiger charge is 1.97. The van der Waals surface area contributed by atoms with Crippen LogP contribution in [0.4, 0.5) is 5.69 Å². The molecule has 1 aromatic rings. The summed E-state index contributed by atoms with van der Waals surface area (Å²) in [6.45, 7) is 4.39. The molecule has 0 radical (unpaired) electrons. The van der Waals surface area contributed by atoms with Gasteiger partial charge in [0.05, 0.1) is 0 Å². The number of anilines is 1. The first-order valence-electron chi connectivity index (χ1n) is 4.67. The summed E-state index contributed by atoms with van der Waals surface area (Å²) in [5.74, 6) is 0. The summed E-state index contributed by atoms with van der Waals surface area (Å²) in [7, 11) is 0. The third-order valence-electron chi connectivity index (χ3n) is 2.12. The van der Waals surface area contributed by atoms with Crippen LogP contribution in [-0.4, -0.2) is 12.3 Å². The smallest absolute Gasteiger partial charge is 0.0342 e. The molecule has 13 heavy (non-hydrogen) atoms. The maximum atomic E-state index is 3.43. The summed E-state index contributed by atoms with van der Waals surface area (Å²) in [4.78, 5) is 1.31. The molecule has 1 N–H and O–H groups in total. The molecule has 0 aromatic heterocycles. The molecular weight excluding hydrogens is 178 g/mol. The molecular formula is C11H17NS. The summed E-state index contributed by atoms with van der Waals surface area (Å²) in [6.07, 6.45) is 3.25. The maximum Gasteiger partial charge on any atom is 0.0342 e. The molecule has 0 amide bonds. The van der Waals surface area contributed by atoms with Gasteiger partial charge in [0.15, 0.2) is 0 Å². The van der Waals surface area contributed by atoms with Gasteiger partial charge in [0.1, 0.15) is 0 Å². The Morgan fingerprint density at radius 1 is 1.31 bits per heavy atom. The number of nitrogens with one attached hydrogen (secondary N) is 1. The Labute approximate surface area is 84.9 Å². The molecule has 0 saturated heterocycles. The Morgan fingerprint density at radius 2 is 1.92 bits per heavy atom. The van der Waals surface area contributed by atoms with Gasteiger partial charge >= 0.3 is 0 Å². The molecule has 1 aromatic carbocycles. The van der Waals surface area contributed by atoms with Crippen molar-refractivity contribution in [3.05, 3.63) is 24.3 Å². The average Bonchev–Trinajstić information content (AvgIpc) is 2.19. The molecule has 0 saturated carbocycles. The quantitative estimate of drug-likeness (QED) is 0.736. The minimum atomic E-state index is 0.556. The van der Waals surface area contributed by atoms with Crippen LogP contribution < -0.4 is 5.32 Å². The molecule has 1 nitrogen and oxygen atoms in total. The van der Waals surface area contributed by atoms with Gasteiger partial charge in [-0.2, -0.15) is 0 Å². The molecule has 2 heteroatoms. The van der Waals surface area contributed by atoms with Gasteiger partial charge in [-0.1, -0.05) is 6.92 Å². The van der Waals surface area contributed by atoms with E-state index in [1.807, 2.05) is 0 Å². The highest BCUT2D eigenvalue weighted by Crippen LogP contribution is 2.18. The van der Waals surface area contributed by atoms with E-state index in [2.05, 4.69) is 49.7 Å². The van der Waals surface area contributed by atoms with Crippen LogP contribution in [0.3, 0.4) is 0 Å². The van der Waals surface area contributed by atoms with E-state index in [1.54, 1.807) is 11.8 Å². The molecule has 1 atom stereocenters. The average molecular weight is 195 g/mol. The minimum Gasteiger partial charge on any atom is -0.383 e. The number of benzene rings is 1. The predicted molar refractivity (Wildman–Crippen MR) is 61.6 cm³/mol. The van der Waals surface area contributed by atoms with Crippen molar-refractivity contribution >= 4 is 17.4 Å². The van der Waals surface area contributed by atoms with Crippen molar-refractivity contribution in [2.24, 2.45) is 0 Å². The van der Waals surface area contributed by atoms with Gasteiger partial charge in [-0.25, -0.2) is 0 Å². The van der Waals surface area contributed by atoms with Crippen molar-refractivity contribution in [2.45, 2.75) is 31.2 Å². The van der Waals surface area contributed by atoms with Gasteiger partial charge in [-0.3, -0.25) is 0 Å². The standard InChI is InChI=1S/C11H17NS/c1-4-9(2)12-10-5-7-11(13-3)8-6-10/h5-9,12H,4H2,1-3H3. The molecule has 1 unspecified atom stereocenters. The van der Waals surface area contributed by atoms with E-state index >= 15 is 0 Å². The summed E-state index contributed by atoms with van der Waals surface area (Å²) < 4.78 is 0. The Kier molecular flexibility index (Phi) is 4.16. The van der Waals surface area contributed by atoms with Crippen molar-refractivity contribution in [1.29, 1.82) is 0 Å². The summed E-state index contributed by atoms with van der Waals surface area (Å²) in [5, 5.41) is 3.43. The fraction of sp³-hybridized carbons (Fsp3) is 0.455. The largest absolute Gasteiger partial charge is 0.383 e. The highest BCUT2D eigenvalue weighted by atomic mass is 32.2. The van der Waals surface area contributed by atoms with E-state index < -0.39 is 0 Å². The normalized spacial score (nSPS) is 12.5. The second-order valence-corrected chi connectivity index (χ2v) is 4.06. The van der Waals surface area contributed by atoms with E-state index in [0.29, 0.717) is 6.04 Å². The van der Waals surface area contributed by atoms with Gasteiger partial charge in [0, 0.05) is 16.6 Å². The molecule has 0 aliphatic rings. The SMILES string of the molecule is CCC(C)Nc1ccc(SC)cc1. The molecule has 0 spiro atoms. The maximum absolute atomic E-state index is 3.43. The zero-order valence-electron chi connectivity index (χ0n) is 8.50. The topological polar surface area (TPSA) is 12.0 Å². The Hall–Kier alpha value is -0.630. The third-order valence-corrected chi connectivity index (χ3v) is 2.86. The third kappa shape index (κ3) is 3.31. The zero-order chi connectivity index (χ0) is 9.68. The van der Waals surface area contributed by atoms with Crippen molar-refractivity contribution in [1.82, 2.24) is 0 Å². The number of hydrogen-bond donors (Lipinski definition) is 1. The molecule has 72 valence electrons. The highest BCUT2D eigenvalue weighted by molar-refractivity contribution is 7.98. The first-order chi connectivity index (χ1) is 6.26. The molecule has 0 heterocycles. The Morgan fingerprint density at radius 3 is 2.38 bits per heavy atom. The van der Waals surface area contributed by atoms with Crippen LogP contribution >= 0.6 is 11.8 Å². The lowest BCUT2D eigenvalue weighted by atomic mass is 10.2. The summed E-state index contributed by atoms with van der Waals surface area (Å²) in [5.41, 5.74) is 1.21. The fourth-order valence-electron chi connectivity index (χ4n) is 1.07. The van der Waals surface area contributed by atoms with Crippen molar-refractivity contribution in [2.75, 3.05) is 11.6 Å². The van der Waals surface area contributed by atoms with Crippen LogP contribution in [0.2, 0.25) is 0 Å². The van der Waals surface area contributed by atoms with Gasteiger partial charge in [-0.15, -0.1) is 11.8 Å². The first-order valence-corrected chi connectivity index (χ1v) is 5.89. The first kappa shape index (κ1) is 10.5. The van der Waals surface area contributed by atoms with Crippen molar-refractivity contribution in [3.63, 3.8) is 0 Å². The van der Waals surface area contributed by atoms with Crippen LogP contribution in [-0.2, 0) is 0 Å². The summed E-state index contributed by atoms with van der Waals surface area (Å²) in [6, 6.07) is 9.13. The lowest BCUT2D eigenvalue weighted by Gasteiger charge is -2.12. The van der Waals surface area contributed by atoms with Crippen LogP contribution in [0.1, 0.15) is 20.3 Å². The van der Waals surface area contributed by atoms with Crippen molar-refractivity contribution in [3.8, 4) is 0 Å². The lowest BCUT2D eigenvalue weighted by molar-refractivity contribution is 0.764. The minimum absolute atomic E-state index is 0.556. The fourth-order valence-corrected chi connectivity index (χ4v) is 1.48. The number of rotatable bonds is 4. The van der Waals surface area contributed by atoms with Gasteiger partial charge in [0.25, 0.3) is 0 Å². The second kappa shape index (κ2) is 5.18. The van der Waals surface area contributed by atoms with Gasteiger partial charge in [0.2, 0.25) is 0 Å². The van der Waals surface area contributed by atoms with Crippen LogP contribution in [0.5, 0.6) is 0 Å². The van der Waals surface area contributed by atoms with Crippen LogP contribution in [0, 0.1) is 0 Å². The number of thioether (sulfide) groups is 1. The Balaban J connectivity index is 2.58. The zero-order valence-corrected chi connectivity index (χ0v) is 9.32. The number of hydrogen-bond acceptors (Lipinski definition) is 2. The molecule has 0 fully saturated rings. The van der Waals surface area contributed by atoms with E-state index in [0.717, 1.165) is 6.42 Å². The van der Waals surface area contributed by atoms with Gasteiger partial charge in [-0.05, 0) is 43.9 Å². The van der Waals surface area contributed by atoms with E-state index in [1.165, 1.54) is 10.6 Å². The molecule has 0 bridgehead atoms. The predicted octanol–water partition coefficient (Wildman–Crippen LogP) is 3.62. The van der Waals surface area contributed by atoms with Crippen LogP contribution in [0.25, 0.3) is 0 Å². The lowest BCUT2D eigenvalue weighted by Crippen LogP contribution is -2.12. The summed E-state index contributed by atoms with van der Waals surface area (Å²) >= 11 is 1.77. The second-order valence-electron chi connectivity index (χ2n) is 3.18. The molecule has 0 aliphatic carbocycles. The van der Waals surface area contributed by atoms with Crippen LogP contribution in [0.15, 0.2) is 29.2 Å². The van der Waals surface area contributed by atoms with E-state index in [4.69, 9.17) is 0 Å². The molecule has 1 rings (SSSR count). The Bertz CT molecular complexity index is 243. The van der Waals surface area contributed by atoms with E-state index in [-0.39, 0.29) is 0 Å². The monoisotopic (exact) mass is 195 g/mol. The van der Waals surface area contributed by atoms with Crippen molar-refractivity contribution < 1.29 is 0 Å². The van der Waals surface area contributed by atoms with E-state index in [9.17, 15) is 0 Å². The molecule has 0 aliphatic heterocycles. The van der Waals surface area contributed by atoms with Gasteiger partial charge < -0.3 is 5.32 Å².